The molecule has 2 aromatic rings. The summed E-state index contributed by atoms with van der Waals surface area (Å²) in [6, 6.07) is 9.33. The molecule has 6 nitrogen and oxygen atoms in total. The zero-order valence-electron chi connectivity index (χ0n) is 20.8. The first-order valence-electron chi connectivity index (χ1n) is 12.3. The van der Waals surface area contributed by atoms with Gasteiger partial charge in [-0.3, -0.25) is 4.79 Å². The Balaban J connectivity index is 1.71. The Morgan fingerprint density at radius 3 is 2.57 bits per heavy atom. The molecule has 2 aromatic carbocycles. The standard InChI is InChI=1S/C28H34FNO5/c1-17(27(2,3)23-15-20(29)10-13-24(23)34-4)28(33,19-8-6-5-7-9-19)26(32)30-21-11-12-22-18(14-21)16-35-25(22)31/h10-15,17,19,33H,5-9,16H2,1-4H3,(H,30,32). The highest BCUT2D eigenvalue weighted by Gasteiger charge is 2.54. The van der Waals surface area contributed by atoms with E-state index < -0.39 is 28.7 Å². The summed E-state index contributed by atoms with van der Waals surface area (Å²) in [5, 5.41) is 15.2. The van der Waals surface area contributed by atoms with Crippen molar-refractivity contribution in [2.45, 2.75) is 70.5 Å². The van der Waals surface area contributed by atoms with Crippen molar-refractivity contribution in [2.75, 3.05) is 12.4 Å². The molecule has 1 aliphatic heterocycles. The number of aliphatic hydroxyl groups is 1. The van der Waals surface area contributed by atoms with Gasteiger partial charge in [-0.05, 0) is 60.6 Å². The molecule has 2 unspecified atom stereocenters. The minimum absolute atomic E-state index is 0.160. The van der Waals surface area contributed by atoms with Crippen LogP contribution >= 0.6 is 0 Å². The number of carbonyl (C=O) groups excluding carboxylic acids is 2. The number of anilines is 1. The molecule has 0 radical (unpaired) electrons. The molecule has 1 aliphatic carbocycles. The van der Waals surface area contributed by atoms with Crippen LogP contribution in [0.1, 0.15) is 74.4 Å². The first-order valence-corrected chi connectivity index (χ1v) is 12.3. The van der Waals surface area contributed by atoms with Crippen LogP contribution in [0.2, 0.25) is 0 Å². The number of carbonyl (C=O) groups is 2. The molecule has 7 heteroatoms. The Morgan fingerprint density at radius 2 is 1.89 bits per heavy atom. The van der Waals surface area contributed by atoms with Gasteiger partial charge in [0.2, 0.25) is 0 Å². The molecule has 0 saturated heterocycles. The Hall–Kier alpha value is -2.93. The number of ether oxygens (including phenoxy) is 2. The number of esters is 1. The van der Waals surface area contributed by atoms with Gasteiger partial charge in [0.25, 0.3) is 5.91 Å². The summed E-state index contributed by atoms with van der Waals surface area (Å²) in [5.41, 5.74) is -0.232. The quantitative estimate of drug-likeness (QED) is 0.518. The van der Waals surface area contributed by atoms with E-state index in [1.54, 1.807) is 24.3 Å². The number of halogens is 1. The lowest BCUT2D eigenvalue weighted by molar-refractivity contribution is -0.154. The van der Waals surface area contributed by atoms with Crippen molar-refractivity contribution >= 4 is 17.6 Å². The summed E-state index contributed by atoms with van der Waals surface area (Å²) in [7, 11) is 1.53. The number of fused-ring (bicyclic) bond motifs is 1. The predicted octanol–water partition coefficient (Wildman–Crippen LogP) is 5.37. The molecule has 2 aliphatic rings. The monoisotopic (exact) mass is 483 g/mol. The fourth-order valence-electron chi connectivity index (χ4n) is 5.69. The first kappa shape index (κ1) is 25.2. The maximum absolute atomic E-state index is 14.3. The molecule has 1 fully saturated rings. The maximum Gasteiger partial charge on any atom is 0.338 e. The second-order valence-electron chi connectivity index (χ2n) is 10.4. The Labute approximate surface area is 205 Å². The van der Waals surface area contributed by atoms with E-state index in [0.717, 1.165) is 32.1 Å². The molecule has 2 atom stereocenters. The summed E-state index contributed by atoms with van der Waals surface area (Å²) in [6.07, 6.45) is 4.42. The number of cyclic esters (lactones) is 1. The van der Waals surface area contributed by atoms with Gasteiger partial charge >= 0.3 is 5.97 Å². The third-order valence-corrected chi connectivity index (χ3v) is 8.13. The molecule has 0 aromatic heterocycles. The topological polar surface area (TPSA) is 84.9 Å². The van der Waals surface area contributed by atoms with Gasteiger partial charge in [-0.1, -0.05) is 40.0 Å². The van der Waals surface area contributed by atoms with E-state index in [1.807, 2.05) is 20.8 Å². The lowest BCUT2D eigenvalue weighted by Gasteiger charge is -2.47. The Bertz CT molecular complexity index is 1120. The summed E-state index contributed by atoms with van der Waals surface area (Å²) in [5.74, 6) is -1.58. The number of rotatable bonds is 7. The molecular formula is C28H34FNO5. The van der Waals surface area contributed by atoms with Crippen LogP contribution in [0.4, 0.5) is 10.1 Å². The van der Waals surface area contributed by atoms with E-state index in [4.69, 9.17) is 9.47 Å². The second kappa shape index (κ2) is 9.61. The van der Waals surface area contributed by atoms with Gasteiger partial charge in [0.05, 0.1) is 12.7 Å². The summed E-state index contributed by atoms with van der Waals surface area (Å²) >= 11 is 0. The SMILES string of the molecule is COc1ccc(F)cc1C(C)(C)C(C)C(O)(C(=O)Nc1ccc2c(c1)COC2=O)C1CCCCC1. The molecule has 4 rings (SSSR count). The average molecular weight is 484 g/mol. The van der Waals surface area contributed by atoms with E-state index >= 15 is 0 Å². The molecule has 1 heterocycles. The fraction of sp³-hybridized carbons (Fsp3) is 0.500. The normalized spacial score (nSPS) is 18.9. The average Bonchev–Trinajstić information content (AvgIpc) is 3.23. The molecule has 188 valence electrons. The van der Waals surface area contributed by atoms with Crippen LogP contribution < -0.4 is 10.1 Å². The predicted molar refractivity (Wildman–Crippen MR) is 131 cm³/mol. The minimum Gasteiger partial charge on any atom is -0.496 e. The molecule has 0 bridgehead atoms. The van der Waals surface area contributed by atoms with Gasteiger partial charge in [0.15, 0.2) is 0 Å². The smallest absolute Gasteiger partial charge is 0.338 e. The van der Waals surface area contributed by atoms with E-state index in [9.17, 15) is 19.1 Å². The van der Waals surface area contributed by atoms with Gasteiger partial charge < -0.3 is 19.9 Å². The highest BCUT2D eigenvalue weighted by atomic mass is 19.1. The first-order chi connectivity index (χ1) is 16.6. The minimum atomic E-state index is -1.72. The third-order valence-electron chi connectivity index (χ3n) is 8.13. The molecule has 0 spiro atoms. The van der Waals surface area contributed by atoms with Crippen molar-refractivity contribution in [2.24, 2.45) is 11.8 Å². The lowest BCUT2D eigenvalue weighted by Crippen LogP contribution is -2.59. The van der Waals surface area contributed by atoms with E-state index in [1.165, 1.54) is 19.2 Å². The van der Waals surface area contributed by atoms with Crippen LogP contribution in [-0.2, 0) is 21.6 Å². The number of amides is 1. The van der Waals surface area contributed by atoms with Crippen molar-refractivity contribution in [1.29, 1.82) is 0 Å². The van der Waals surface area contributed by atoms with Gasteiger partial charge in [-0.25, -0.2) is 9.18 Å². The van der Waals surface area contributed by atoms with Crippen LogP contribution in [0, 0.1) is 17.7 Å². The third kappa shape index (κ3) is 4.54. The largest absolute Gasteiger partial charge is 0.496 e. The molecule has 35 heavy (non-hydrogen) atoms. The number of nitrogens with one attached hydrogen (secondary N) is 1. The van der Waals surface area contributed by atoms with Crippen LogP contribution in [0.3, 0.4) is 0 Å². The highest BCUT2D eigenvalue weighted by molar-refractivity contribution is 5.99. The van der Waals surface area contributed by atoms with Crippen LogP contribution in [0.15, 0.2) is 36.4 Å². The number of hydrogen-bond acceptors (Lipinski definition) is 5. The number of methoxy groups -OCH3 is 1. The zero-order valence-corrected chi connectivity index (χ0v) is 20.8. The molecule has 2 N–H and O–H groups in total. The highest BCUT2D eigenvalue weighted by Crippen LogP contribution is 2.48. The van der Waals surface area contributed by atoms with Crippen molar-refractivity contribution in [3.63, 3.8) is 0 Å². The van der Waals surface area contributed by atoms with Gasteiger partial charge in [-0.15, -0.1) is 0 Å². The van der Waals surface area contributed by atoms with Gasteiger partial charge in [0, 0.05) is 22.7 Å². The molecule has 1 amide bonds. The molecule has 1 saturated carbocycles. The van der Waals surface area contributed by atoms with E-state index in [-0.39, 0.29) is 18.5 Å². The number of hydrogen-bond donors (Lipinski definition) is 2. The maximum atomic E-state index is 14.3. The van der Waals surface area contributed by atoms with Gasteiger partial charge in [0.1, 0.15) is 23.8 Å². The van der Waals surface area contributed by atoms with Crippen molar-refractivity contribution in [1.82, 2.24) is 0 Å². The summed E-state index contributed by atoms with van der Waals surface area (Å²) in [4.78, 5) is 25.7. The second-order valence-corrected chi connectivity index (χ2v) is 10.4. The zero-order chi connectivity index (χ0) is 25.4. The summed E-state index contributed by atoms with van der Waals surface area (Å²) in [6.45, 7) is 5.84. The van der Waals surface area contributed by atoms with E-state index in [0.29, 0.717) is 28.1 Å². The van der Waals surface area contributed by atoms with Crippen LogP contribution in [0.5, 0.6) is 5.75 Å². The van der Waals surface area contributed by atoms with E-state index in [2.05, 4.69) is 5.32 Å². The Kier molecular flexibility index (Phi) is 6.91. The number of benzene rings is 2. The lowest BCUT2D eigenvalue weighted by atomic mass is 9.60. The van der Waals surface area contributed by atoms with Crippen LogP contribution in [0.25, 0.3) is 0 Å². The fourth-order valence-corrected chi connectivity index (χ4v) is 5.69. The van der Waals surface area contributed by atoms with Crippen molar-refractivity contribution in [3.05, 3.63) is 58.9 Å². The molecular weight excluding hydrogens is 449 g/mol. The Morgan fingerprint density at radius 1 is 1.17 bits per heavy atom. The van der Waals surface area contributed by atoms with Crippen molar-refractivity contribution in [3.8, 4) is 5.75 Å². The van der Waals surface area contributed by atoms with Crippen molar-refractivity contribution < 1.29 is 28.6 Å². The van der Waals surface area contributed by atoms with Gasteiger partial charge in [-0.2, -0.15) is 0 Å². The summed E-state index contributed by atoms with van der Waals surface area (Å²) < 4.78 is 24.9. The van der Waals surface area contributed by atoms with Crippen LogP contribution in [-0.4, -0.2) is 29.7 Å².